The Morgan fingerprint density at radius 1 is 1.31 bits per heavy atom. The van der Waals surface area contributed by atoms with Crippen molar-refractivity contribution in [2.45, 2.75) is 63.1 Å². The molecule has 1 saturated carbocycles. The first-order valence-electron chi connectivity index (χ1n) is 9.55. The van der Waals surface area contributed by atoms with E-state index in [9.17, 15) is 18.0 Å². The molecule has 10 heteroatoms. The van der Waals surface area contributed by atoms with E-state index >= 15 is 0 Å². The Morgan fingerprint density at radius 2 is 2.00 bits per heavy atom. The van der Waals surface area contributed by atoms with Gasteiger partial charge in [-0.05, 0) is 38.3 Å². The van der Waals surface area contributed by atoms with E-state index in [1.54, 1.807) is 7.05 Å². The highest BCUT2D eigenvalue weighted by Gasteiger charge is 2.36. The number of carbonyl (C=O) groups excluding carboxylic acids is 1. The predicted octanol–water partition coefficient (Wildman–Crippen LogP) is 3.32. The van der Waals surface area contributed by atoms with Crippen molar-refractivity contribution in [1.29, 1.82) is 0 Å². The lowest BCUT2D eigenvalue weighted by Crippen LogP contribution is -2.41. The molecule has 1 aromatic heterocycles. The van der Waals surface area contributed by atoms with Crippen molar-refractivity contribution in [3.05, 3.63) is 17.4 Å². The second-order valence-electron chi connectivity index (χ2n) is 7.46. The minimum atomic E-state index is -2.68. The zero-order valence-corrected chi connectivity index (χ0v) is 17.4. The van der Waals surface area contributed by atoms with Crippen molar-refractivity contribution in [2.75, 3.05) is 20.7 Å². The van der Waals surface area contributed by atoms with E-state index in [1.165, 1.54) is 18.1 Å². The van der Waals surface area contributed by atoms with Gasteiger partial charge in [0.2, 0.25) is 17.7 Å². The number of nitrogens with zero attached hydrogens (tertiary/aromatic N) is 2. The van der Waals surface area contributed by atoms with Gasteiger partial charge in [0.05, 0.1) is 19.7 Å². The van der Waals surface area contributed by atoms with Crippen LogP contribution in [-0.2, 0) is 11.3 Å². The summed E-state index contributed by atoms with van der Waals surface area (Å²) in [5.74, 6) is -3.56. The van der Waals surface area contributed by atoms with Gasteiger partial charge in [-0.2, -0.15) is 4.98 Å². The standard InChI is InChI=1S/C19H26F3N3O3.ClH/c1-25(18(26)15-4-3-9-23-15)11-12-10-14(20)17(24-16(12)27-2)28-13-5-7-19(21,22)8-6-13;/h10,13,15,23H,3-9,11H2,1-2H3;1H/t15-;/m0./s1. The van der Waals surface area contributed by atoms with E-state index in [-0.39, 0.29) is 68.3 Å². The average molecular weight is 438 g/mol. The third-order valence-corrected chi connectivity index (χ3v) is 5.26. The zero-order valence-electron chi connectivity index (χ0n) is 16.6. The molecular formula is C19H27ClF3N3O3. The summed E-state index contributed by atoms with van der Waals surface area (Å²) < 4.78 is 51.8. The summed E-state index contributed by atoms with van der Waals surface area (Å²) in [4.78, 5) is 18.0. The van der Waals surface area contributed by atoms with Gasteiger partial charge < -0.3 is 19.7 Å². The summed E-state index contributed by atoms with van der Waals surface area (Å²) >= 11 is 0. The van der Waals surface area contributed by atoms with Crippen LogP contribution in [0.25, 0.3) is 0 Å². The maximum atomic E-state index is 14.5. The average Bonchev–Trinajstić information content (AvgIpc) is 3.19. The number of halogens is 4. The van der Waals surface area contributed by atoms with Gasteiger partial charge in [0, 0.05) is 25.5 Å². The van der Waals surface area contributed by atoms with Gasteiger partial charge in [0.25, 0.3) is 5.88 Å². The maximum Gasteiger partial charge on any atom is 0.254 e. The number of nitrogens with one attached hydrogen (secondary N) is 1. The number of pyridine rings is 1. The van der Waals surface area contributed by atoms with Crippen LogP contribution in [0.1, 0.15) is 44.1 Å². The fourth-order valence-electron chi connectivity index (χ4n) is 3.65. The summed E-state index contributed by atoms with van der Waals surface area (Å²) in [6.45, 7) is 0.947. The summed E-state index contributed by atoms with van der Waals surface area (Å²) in [6, 6.07) is 1.01. The SMILES string of the molecule is COc1nc(OC2CCC(F)(F)CC2)c(F)cc1CN(C)C(=O)[C@@H]1CCCN1.Cl. The molecule has 1 saturated heterocycles. The zero-order chi connectivity index (χ0) is 20.3. The molecule has 3 rings (SSSR count). The highest BCUT2D eigenvalue weighted by molar-refractivity contribution is 5.85. The molecule has 1 amide bonds. The molecule has 0 unspecified atom stereocenters. The fourth-order valence-corrected chi connectivity index (χ4v) is 3.65. The quantitative estimate of drug-likeness (QED) is 0.739. The number of hydrogen-bond donors (Lipinski definition) is 1. The number of hydrogen-bond acceptors (Lipinski definition) is 5. The number of methoxy groups -OCH3 is 1. The van der Waals surface area contributed by atoms with Crippen molar-refractivity contribution < 1.29 is 27.4 Å². The second-order valence-corrected chi connectivity index (χ2v) is 7.46. The molecule has 0 spiro atoms. The molecule has 1 aromatic rings. The Hall–Kier alpha value is -1.74. The number of amides is 1. The molecule has 29 heavy (non-hydrogen) atoms. The molecule has 0 aromatic carbocycles. The van der Waals surface area contributed by atoms with E-state index in [2.05, 4.69) is 10.3 Å². The highest BCUT2D eigenvalue weighted by atomic mass is 35.5. The molecule has 2 fully saturated rings. The Kier molecular flexibility index (Phi) is 7.99. The number of carbonyl (C=O) groups is 1. The van der Waals surface area contributed by atoms with Gasteiger partial charge in [0.15, 0.2) is 5.82 Å². The number of ether oxygens (including phenoxy) is 2. The molecule has 1 atom stereocenters. The molecule has 0 bridgehead atoms. The molecule has 2 aliphatic rings. The lowest BCUT2D eigenvalue weighted by molar-refractivity contribution is -0.132. The van der Waals surface area contributed by atoms with Gasteiger partial charge in [-0.3, -0.25) is 4.79 Å². The number of alkyl halides is 2. The van der Waals surface area contributed by atoms with Crippen LogP contribution < -0.4 is 14.8 Å². The third-order valence-electron chi connectivity index (χ3n) is 5.26. The fraction of sp³-hybridized carbons (Fsp3) is 0.684. The predicted molar refractivity (Wildman–Crippen MR) is 103 cm³/mol. The lowest BCUT2D eigenvalue weighted by Gasteiger charge is -2.28. The minimum Gasteiger partial charge on any atom is -0.481 e. The van der Waals surface area contributed by atoms with E-state index in [4.69, 9.17) is 9.47 Å². The summed E-state index contributed by atoms with van der Waals surface area (Å²) in [5.41, 5.74) is 0.413. The van der Waals surface area contributed by atoms with Crippen molar-refractivity contribution in [1.82, 2.24) is 15.2 Å². The van der Waals surface area contributed by atoms with Crippen LogP contribution >= 0.6 is 12.4 Å². The van der Waals surface area contributed by atoms with Crippen LogP contribution in [0.15, 0.2) is 6.07 Å². The number of likely N-dealkylation sites (N-methyl/N-ethyl adjacent to an activating group) is 1. The van der Waals surface area contributed by atoms with E-state index in [0.717, 1.165) is 19.4 Å². The van der Waals surface area contributed by atoms with Crippen molar-refractivity contribution >= 4 is 18.3 Å². The first-order valence-corrected chi connectivity index (χ1v) is 9.55. The Bertz CT molecular complexity index is 707. The molecule has 1 aliphatic carbocycles. The van der Waals surface area contributed by atoms with Crippen LogP contribution in [0.2, 0.25) is 0 Å². The maximum absolute atomic E-state index is 14.5. The number of aromatic nitrogens is 1. The normalized spacial score (nSPS) is 21.3. The first kappa shape index (κ1) is 23.5. The molecule has 2 heterocycles. The second kappa shape index (κ2) is 9.84. The third kappa shape index (κ3) is 5.88. The molecule has 1 aliphatic heterocycles. The summed E-state index contributed by atoms with van der Waals surface area (Å²) in [5, 5.41) is 3.14. The lowest BCUT2D eigenvalue weighted by atomic mass is 9.94. The van der Waals surface area contributed by atoms with E-state index in [1.807, 2.05) is 0 Å². The van der Waals surface area contributed by atoms with E-state index in [0.29, 0.717) is 5.56 Å². The van der Waals surface area contributed by atoms with Crippen molar-refractivity contribution in [3.63, 3.8) is 0 Å². The van der Waals surface area contributed by atoms with Crippen LogP contribution in [-0.4, -0.2) is 54.6 Å². The molecule has 6 nitrogen and oxygen atoms in total. The topological polar surface area (TPSA) is 63.7 Å². The smallest absolute Gasteiger partial charge is 0.254 e. The Balaban J connectivity index is 0.00000300. The van der Waals surface area contributed by atoms with Crippen LogP contribution in [0.5, 0.6) is 11.8 Å². The monoisotopic (exact) mass is 437 g/mol. The summed E-state index contributed by atoms with van der Waals surface area (Å²) in [7, 11) is 3.04. The van der Waals surface area contributed by atoms with Gasteiger partial charge >= 0.3 is 0 Å². The Morgan fingerprint density at radius 3 is 2.59 bits per heavy atom. The number of rotatable bonds is 6. The van der Waals surface area contributed by atoms with Crippen molar-refractivity contribution in [2.24, 2.45) is 0 Å². The van der Waals surface area contributed by atoms with Crippen LogP contribution in [0.4, 0.5) is 13.2 Å². The van der Waals surface area contributed by atoms with E-state index < -0.39 is 17.8 Å². The highest BCUT2D eigenvalue weighted by Crippen LogP contribution is 2.35. The van der Waals surface area contributed by atoms with Crippen LogP contribution in [0.3, 0.4) is 0 Å². The minimum absolute atomic E-state index is 0. The molecule has 1 N–H and O–H groups in total. The molecular weight excluding hydrogens is 411 g/mol. The molecule has 0 radical (unpaired) electrons. The first-order chi connectivity index (χ1) is 13.3. The Labute approximate surface area is 174 Å². The molecule has 164 valence electrons. The summed E-state index contributed by atoms with van der Waals surface area (Å²) in [6.07, 6.45) is 0.944. The van der Waals surface area contributed by atoms with Crippen LogP contribution in [0, 0.1) is 5.82 Å². The van der Waals surface area contributed by atoms with Crippen molar-refractivity contribution in [3.8, 4) is 11.8 Å². The van der Waals surface area contributed by atoms with Gasteiger partial charge in [-0.1, -0.05) is 0 Å². The van der Waals surface area contributed by atoms with Gasteiger partial charge in [0.1, 0.15) is 6.10 Å². The largest absolute Gasteiger partial charge is 0.481 e. The van der Waals surface area contributed by atoms with Gasteiger partial charge in [-0.15, -0.1) is 12.4 Å². The van der Waals surface area contributed by atoms with Gasteiger partial charge in [-0.25, -0.2) is 13.2 Å².